The summed E-state index contributed by atoms with van der Waals surface area (Å²) >= 11 is 1.21. The molecule has 1 saturated heterocycles. The first-order valence-electron chi connectivity index (χ1n) is 6.47. The summed E-state index contributed by atoms with van der Waals surface area (Å²) in [4.78, 5) is 4.73. The highest BCUT2D eigenvalue weighted by Gasteiger charge is 2.29. The molecule has 0 spiro atoms. The molecule has 0 saturated carbocycles. The van der Waals surface area contributed by atoms with E-state index in [0.717, 1.165) is 19.3 Å². The Hall–Kier alpha value is -1.14. The monoisotopic (exact) mass is 314 g/mol. The van der Waals surface area contributed by atoms with Crippen LogP contribution in [0.25, 0.3) is 0 Å². The van der Waals surface area contributed by atoms with Gasteiger partial charge in [0.2, 0.25) is 0 Å². The summed E-state index contributed by atoms with van der Waals surface area (Å²) in [6.07, 6.45) is 4.41. The lowest BCUT2D eigenvalue weighted by molar-refractivity contribution is 0.270. The molecule has 6 nitrogen and oxygen atoms in total. The predicted octanol–water partition coefficient (Wildman–Crippen LogP) is 0.984. The highest BCUT2D eigenvalue weighted by atomic mass is 32.2. The molecule has 110 valence electrons. The van der Waals surface area contributed by atoms with Crippen molar-refractivity contribution in [3.8, 4) is 11.8 Å². The van der Waals surface area contributed by atoms with Crippen LogP contribution in [0.1, 0.15) is 31.1 Å². The fourth-order valence-corrected chi connectivity index (χ4v) is 4.48. The third-order valence-electron chi connectivity index (χ3n) is 3.09. The largest absolute Gasteiger partial charge is 0.320 e. The van der Waals surface area contributed by atoms with Crippen molar-refractivity contribution in [2.75, 3.05) is 17.8 Å². The molecular formula is C12H18N4O2S2. The van der Waals surface area contributed by atoms with Crippen molar-refractivity contribution in [1.29, 1.82) is 0 Å². The number of rotatable bonds is 3. The molecule has 1 unspecified atom stereocenters. The second-order valence-electron chi connectivity index (χ2n) is 4.60. The normalized spacial score (nSPS) is 20.2. The molecule has 0 bridgehead atoms. The van der Waals surface area contributed by atoms with Crippen LogP contribution in [-0.2, 0) is 10.2 Å². The SMILES string of the molecule is CC1CCCCN1S(=O)(=O)Nc1ncc(C#CCN)s1. The lowest BCUT2D eigenvalue weighted by Crippen LogP contribution is -2.44. The number of nitrogens with zero attached hydrogens (tertiary/aromatic N) is 2. The quantitative estimate of drug-likeness (QED) is 0.814. The number of hydrogen-bond acceptors (Lipinski definition) is 5. The topological polar surface area (TPSA) is 88.3 Å². The van der Waals surface area contributed by atoms with Crippen LogP contribution in [0.5, 0.6) is 0 Å². The molecule has 1 aromatic heterocycles. The summed E-state index contributed by atoms with van der Waals surface area (Å²) in [5, 5.41) is 0.337. The summed E-state index contributed by atoms with van der Waals surface area (Å²) in [6, 6.07) is 0.0257. The van der Waals surface area contributed by atoms with Crippen LogP contribution < -0.4 is 10.5 Å². The maximum absolute atomic E-state index is 12.3. The molecule has 20 heavy (non-hydrogen) atoms. The molecule has 1 aromatic rings. The van der Waals surface area contributed by atoms with Crippen molar-refractivity contribution in [2.24, 2.45) is 5.73 Å². The first-order chi connectivity index (χ1) is 9.53. The Morgan fingerprint density at radius 1 is 1.60 bits per heavy atom. The molecule has 8 heteroatoms. The van der Waals surface area contributed by atoms with Crippen molar-refractivity contribution >= 4 is 26.7 Å². The maximum atomic E-state index is 12.3. The van der Waals surface area contributed by atoms with Gasteiger partial charge >= 0.3 is 10.2 Å². The van der Waals surface area contributed by atoms with Crippen molar-refractivity contribution in [3.05, 3.63) is 11.1 Å². The Balaban J connectivity index is 2.09. The molecule has 0 radical (unpaired) electrons. The summed E-state index contributed by atoms with van der Waals surface area (Å²) in [5.41, 5.74) is 5.29. The number of nitrogens with one attached hydrogen (secondary N) is 1. The van der Waals surface area contributed by atoms with Crippen LogP contribution in [0.4, 0.5) is 5.13 Å². The van der Waals surface area contributed by atoms with Crippen LogP contribution in [0.3, 0.4) is 0 Å². The van der Waals surface area contributed by atoms with Gasteiger partial charge in [-0.15, -0.1) is 0 Å². The average molecular weight is 314 g/mol. The standard InChI is InChI=1S/C12H18N4O2S2/c1-10-5-2-3-8-16(10)20(17,18)15-12-14-9-11(19-12)6-4-7-13/h9-10H,2-3,5,7-8,13H2,1H3,(H,14,15). The van der Waals surface area contributed by atoms with Crippen molar-refractivity contribution in [1.82, 2.24) is 9.29 Å². The smallest absolute Gasteiger partial charge is 0.303 e. The minimum absolute atomic E-state index is 0.0257. The molecule has 0 amide bonds. The lowest BCUT2D eigenvalue weighted by atomic mass is 10.1. The molecule has 2 rings (SSSR count). The third kappa shape index (κ3) is 3.70. The number of anilines is 1. The van der Waals surface area contributed by atoms with Gasteiger partial charge in [0.05, 0.1) is 17.6 Å². The van der Waals surface area contributed by atoms with Crippen LogP contribution in [0.15, 0.2) is 6.20 Å². The van der Waals surface area contributed by atoms with E-state index in [1.54, 1.807) is 6.20 Å². The van der Waals surface area contributed by atoms with E-state index in [0.29, 0.717) is 16.6 Å². The van der Waals surface area contributed by atoms with Crippen LogP contribution in [0, 0.1) is 11.8 Å². The second kappa shape index (κ2) is 6.54. The summed E-state index contributed by atoms with van der Waals surface area (Å²) in [7, 11) is -3.53. The van der Waals surface area contributed by atoms with Crippen LogP contribution in [0.2, 0.25) is 0 Å². The van der Waals surface area contributed by atoms with Gasteiger partial charge in [-0.05, 0) is 19.8 Å². The van der Waals surface area contributed by atoms with Gasteiger partial charge in [0.15, 0.2) is 5.13 Å². The summed E-state index contributed by atoms with van der Waals surface area (Å²) < 4.78 is 28.7. The number of piperidine rings is 1. The maximum Gasteiger partial charge on any atom is 0.303 e. The zero-order valence-electron chi connectivity index (χ0n) is 11.3. The van der Waals surface area contributed by atoms with Gasteiger partial charge in [0.25, 0.3) is 0 Å². The Morgan fingerprint density at radius 3 is 3.10 bits per heavy atom. The molecule has 0 aliphatic carbocycles. The van der Waals surface area contributed by atoms with Crippen molar-refractivity contribution in [2.45, 2.75) is 32.2 Å². The molecule has 1 aliphatic heterocycles. The van der Waals surface area contributed by atoms with Crippen LogP contribution >= 0.6 is 11.3 Å². The first-order valence-corrected chi connectivity index (χ1v) is 8.73. The minimum atomic E-state index is -3.53. The van der Waals surface area contributed by atoms with E-state index in [9.17, 15) is 8.42 Å². The zero-order valence-corrected chi connectivity index (χ0v) is 12.9. The third-order valence-corrected chi connectivity index (χ3v) is 5.66. The Kier molecular flexibility index (Phi) is 4.99. The zero-order chi connectivity index (χ0) is 14.6. The van der Waals surface area contributed by atoms with Crippen molar-refractivity contribution in [3.63, 3.8) is 0 Å². The molecular weight excluding hydrogens is 296 g/mol. The molecule has 0 aromatic carbocycles. The predicted molar refractivity (Wildman–Crippen MR) is 80.6 cm³/mol. The van der Waals surface area contributed by atoms with E-state index in [-0.39, 0.29) is 12.6 Å². The second-order valence-corrected chi connectivity index (χ2v) is 7.25. The van der Waals surface area contributed by atoms with Gasteiger partial charge in [-0.1, -0.05) is 29.6 Å². The molecule has 3 N–H and O–H groups in total. The molecule has 1 atom stereocenters. The lowest BCUT2D eigenvalue weighted by Gasteiger charge is -2.31. The average Bonchev–Trinajstić information content (AvgIpc) is 2.83. The fourth-order valence-electron chi connectivity index (χ4n) is 2.12. The number of hydrogen-bond donors (Lipinski definition) is 2. The van der Waals surface area contributed by atoms with Gasteiger partial charge in [0, 0.05) is 12.6 Å². The van der Waals surface area contributed by atoms with Gasteiger partial charge in [-0.2, -0.15) is 12.7 Å². The van der Waals surface area contributed by atoms with E-state index in [2.05, 4.69) is 21.5 Å². The number of thiazole rings is 1. The number of nitrogens with two attached hydrogens (primary N) is 1. The fraction of sp³-hybridized carbons (Fsp3) is 0.583. The van der Waals surface area contributed by atoms with Gasteiger partial charge in [-0.3, -0.25) is 0 Å². The van der Waals surface area contributed by atoms with E-state index in [1.165, 1.54) is 15.6 Å². The highest BCUT2D eigenvalue weighted by Crippen LogP contribution is 2.23. The van der Waals surface area contributed by atoms with Gasteiger partial charge in [0.1, 0.15) is 0 Å². The summed E-state index contributed by atoms with van der Waals surface area (Å²) in [6.45, 7) is 2.75. The Morgan fingerprint density at radius 2 is 2.40 bits per heavy atom. The highest BCUT2D eigenvalue weighted by molar-refractivity contribution is 7.90. The van der Waals surface area contributed by atoms with Gasteiger partial charge in [-0.25, -0.2) is 9.71 Å². The van der Waals surface area contributed by atoms with E-state index in [4.69, 9.17) is 5.73 Å². The first kappa shape index (κ1) is 15.3. The Labute approximate surface area is 123 Å². The van der Waals surface area contributed by atoms with E-state index in [1.807, 2.05) is 6.92 Å². The Bertz CT molecular complexity index is 615. The summed E-state index contributed by atoms with van der Waals surface area (Å²) in [5.74, 6) is 5.54. The number of aromatic nitrogens is 1. The van der Waals surface area contributed by atoms with Gasteiger partial charge < -0.3 is 5.73 Å². The molecule has 1 aliphatic rings. The van der Waals surface area contributed by atoms with E-state index < -0.39 is 10.2 Å². The van der Waals surface area contributed by atoms with Crippen LogP contribution in [-0.4, -0.2) is 36.8 Å². The van der Waals surface area contributed by atoms with Crippen molar-refractivity contribution < 1.29 is 8.42 Å². The van der Waals surface area contributed by atoms with E-state index >= 15 is 0 Å². The molecule has 2 heterocycles. The minimum Gasteiger partial charge on any atom is -0.320 e. The molecule has 1 fully saturated rings.